The summed E-state index contributed by atoms with van der Waals surface area (Å²) in [6, 6.07) is 0. The van der Waals surface area contributed by atoms with E-state index in [0.29, 0.717) is 5.57 Å². The van der Waals surface area contributed by atoms with Gasteiger partial charge in [-0.05, 0) is 32.6 Å². The Morgan fingerprint density at radius 1 is 1.26 bits per heavy atom. The van der Waals surface area contributed by atoms with Crippen LogP contribution in [-0.2, 0) is 28.9 Å². The molecule has 0 atom stereocenters. The topological polar surface area (TPSA) is 71.7 Å². The third-order valence-corrected chi connectivity index (χ3v) is 3.42. The Balaban J connectivity index is 2.07. The number of hydrogen-bond donors (Lipinski definition) is 2. The minimum Gasteiger partial charge on any atom is -0.494 e. The maximum absolute atomic E-state index is 11.2. The lowest BCUT2D eigenvalue weighted by Crippen LogP contribution is -2.11. The quantitative estimate of drug-likeness (QED) is 0.644. The number of carbonyl (C=O) groups is 1. The number of hydrogen-bond acceptors (Lipinski definition) is 4. The number of esters is 1. The zero-order valence-corrected chi connectivity index (χ0v) is 11.1. The first-order valence-corrected chi connectivity index (χ1v) is 6.47. The molecule has 0 spiro atoms. The first-order chi connectivity index (χ1) is 9.02. The fourth-order valence-corrected chi connectivity index (χ4v) is 2.39. The molecule has 104 valence electrons. The Bertz CT molecular complexity index is 487. The summed E-state index contributed by atoms with van der Waals surface area (Å²) in [5.41, 5.74) is 1.99. The molecule has 1 aliphatic rings. The Labute approximate surface area is 112 Å². The maximum atomic E-state index is 11.2. The van der Waals surface area contributed by atoms with E-state index < -0.39 is 5.97 Å². The van der Waals surface area contributed by atoms with Gasteiger partial charge in [-0.25, -0.2) is 4.79 Å². The van der Waals surface area contributed by atoms with Crippen LogP contribution in [0.25, 0.3) is 0 Å². The van der Waals surface area contributed by atoms with Crippen molar-refractivity contribution in [2.24, 2.45) is 0 Å². The average Bonchev–Trinajstić information content (AvgIpc) is 2.64. The molecule has 1 heterocycles. The van der Waals surface area contributed by atoms with E-state index in [2.05, 4.69) is 6.58 Å². The Kier molecular flexibility index (Phi) is 3.83. The second-order valence-corrected chi connectivity index (χ2v) is 4.88. The highest BCUT2D eigenvalue weighted by atomic mass is 16.5. The molecule has 1 aliphatic carbocycles. The van der Waals surface area contributed by atoms with Crippen LogP contribution < -0.4 is 0 Å². The van der Waals surface area contributed by atoms with Crippen LogP contribution in [0.4, 0.5) is 0 Å². The molecule has 2 rings (SSSR count). The largest absolute Gasteiger partial charge is 0.494 e. The van der Waals surface area contributed by atoms with Gasteiger partial charge in [-0.1, -0.05) is 6.58 Å². The SMILES string of the molecule is C=C(C)C(=O)OCCn1c(O)c2c(c1O)CCCC2. The van der Waals surface area contributed by atoms with Gasteiger partial charge in [-0.15, -0.1) is 0 Å². The molecule has 0 aromatic carbocycles. The van der Waals surface area contributed by atoms with E-state index in [1.807, 2.05) is 0 Å². The van der Waals surface area contributed by atoms with E-state index in [9.17, 15) is 15.0 Å². The smallest absolute Gasteiger partial charge is 0.333 e. The molecule has 0 aliphatic heterocycles. The number of aromatic nitrogens is 1. The highest BCUT2D eigenvalue weighted by Crippen LogP contribution is 2.38. The maximum Gasteiger partial charge on any atom is 0.333 e. The predicted octanol–water partition coefficient (Wildman–Crippen LogP) is 1.90. The summed E-state index contributed by atoms with van der Waals surface area (Å²) in [4.78, 5) is 11.2. The summed E-state index contributed by atoms with van der Waals surface area (Å²) in [6.07, 6.45) is 3.61. The van der Waals surface area contributed by atoms with Crippen molar-refractivity contribution in [1.29, 1.82) is 0 Å². The Hall–Kier alpha value is -1.91. The third-order valence-electron chi connectivity index (χ3n) is 3.42. The van der Waals surface area contributed by atoms with Gasteiger partial charge in [0.15, 0.2) is 11.8 Å². The summed E-state index contributed by atoms with van der Waals surface area (Å²) < 4.78 is 6.37. The van der Waals surface area contributed by atoms with Gasteiger partial charge in [0.1, 0.15) is 6.61 Å². The lowest BCUT2D eigenvalue weighted by molar-refractivity contribution is -0.139. The van der Waals surface area contributed by atoms with E-state index in [4.69, 9.17) is 4.74 Å². The van der Waals surface area contributed by atoms with E-state index in [-0.39, 0.29) is 24.9 Å². The van der Waals surface area contributed by atoms with Crippen LogP contribution >= 0.6 is 0 Å². The number of fused-ring (bicyclic) bond motifs is 1. The van der Waals surface area contributed by atoms with Crippen molar-refractivity contribution in [3.63, 3.8) is 0 Å². The number of rotatable bonds is 4. The van der Waals surface area contributed by atoms with Crippen LogP contribution in [0.3, 0.4) is 0 Å². The lowest BCUT2D eigenvalue weighted by Gasteiger charge is -2.09. The van der Waals surface area contributed by atoms with Crippen molar-refractivity contribution in [3.05, 3.63) is 23.3 Å². The van der Waals surface area contributed by atoms with Crippen molar-refractivity contribution in [2.45, 2.75) is 39.2 Å². The van der Waals surface area contributed by atoms with E-state index in [1.54, 1.807) is 6.92 Å². The first kappa shape index (κ1) is 13.5. The van der Waals surface area contributed by atoms with Crippen LogP contribution in [0.15, 0.2) is 12.2 Å². The number of carbonyl (C=O) groups excluding carboxylic acids is 1. The second kappa shape index (κ2) is 5.38. The minimum absolute atomic E-state index is 0.0959. The molecule has 0 amide bonds. The Morgan fingerprint density at radius 3 is 2.26 bits per heavy atom. The molecule has 0 radical (unpaired) electrons. The van der Waals surface area contributed by atoms with Gasteiger partial charge in [-0.2, -0.15) is 0 Å². The zero-order valence-electron chi connectivity index (χ0n) is 11.1. The van der Waals surface area contributed by atoms with Gasteiger partial charge in [0, 0.05) is 16.7 Å². The van der Waals surface area contributed by atoms with E-state index in [0.717, 1.165) is 36.8 Å². The summed E-state index contributed by atoms with van der Waals surface area (Å²) >= 11 is 0. The van der Waals surface area contributed by atoms with Crippen LogP contribution in [0.2, 0.25) is 0 Å². The van der Waals surface area contributed by atoms with Crippen molar-refractivity contribution in [1.82, 2.24) is 4.57 Å². The van der Waals surface area contributed by atoms with Gasteiger partial charge in [0.25, 0.3) is 0 Å². The third kappa shape index (κ3) is 2.59. The fourth-order valence-electron chi connectivity index (χ4n) is 2.39. The molecule has 0 saturated carbocycles. The Morgan fingerprint density at radius 2 is 1.79 bits per heavy atom. The van der Waals surface area contributed by atoms with Crippen molar-refractivity contribution < 1.29 is 19.7 Å². The molecular formula is C14H19NO4. The van der Waals surface area contributed by atoms with Gasteiger partial charge in [0.2, 0.25) is 0 Å². The van der Waals surface area contributed by atoms with Crippen LogP contribution in [0.1, 0.15) is 30.9 Å². The van der Waals surface area contributed by atoms with Crippen LogP contribution in [0, 0.1) is 0 Å². The summed E-state index contributed by atoms with van der Waals surface area (Å²) in [7, 11) is 0. The molecule has 0 saturated heterocycles. The van der Waals surface area contributed by atoms with Crippen LogP contribution in [-0.4, -0.2) is 27.4 Å². The number of nitrogens with zero attached hydrogens (tertiary/aromatic N) is 1. The number of aromatic hydroxyl groups is 2. The molecular weight excluding hydrogens is 246 g/mol. The van der Waals surface area contributed by atoms with Crippen molar-refractivity contribution in [3.8, 4) is 11.8 Å². The van der Waals surface area contributed by atoms with Gasteiger partial charge in [0.05, 0.1) is 6.54 Å². The molecule has 1 aromatic rings. The highest BCUT2D eigenvalue weighted by Gasteiger charge is 2.24. The molecule has 2 N–H and O–H groups in total. The molecule has 0 fully saturated rings. The van der Waals surface area contributed by atoms with Crippen LogP contribution in [0.5, 0.6) is 11.8 Å². The molecule has 0 bridgehead atoms. The van der Waals surface area contributed by atoms with E-state index >= 15 is 0 Å². The normalized spacial score (nSPS) is 13.9. The summed E-state index contributed by atoms with van der Waals surface area (Å²) in [5.74, 6) is -0.270. The number of ether oxygens (including phenoxy) is 1. The van der Waals surface area contributed by atoms with Crippen molar-refractivity contribution in [2.75, 3.05) is 6.61 Å². The second-order valence-electron chi connectivity index (χ2n) is 4.88. The van der Waals surface area contributed by atoms with Gasteiger partial charge >= 0.3 is 5.97 Å². The predicted molar refractivity (Wildman–Crippen MR) is 70.2 cm³/mol. The van der Waals surface area contributed by atoms with E-state index in [1.165, 1.54) is 4.57 Å². The van der Waals surface area contributed by atoms with Gasteiger partial charge in [-0.3, -0.25) is 4.57 Å². The zero-order chi connectivity index (χ0) is 14.0. The lowest BCUT2D eigenvalue weighted by atomic mass is 9.95. The highest BCUT2D eigenvalue weighted by molar-refractivity contribution is 5.86. The molecule has 1 aromatic heterocycles. The van der Waals surface area contributed by atoms with Gasteiger partial charge < -0.3 is 14.9 Å². The molecule has 5 nitrogen and oxygen atoms in total. The average molecular weight is 265 g/mol. The summed E-state index contributed by atoms with van der Waals surface area (Å²) in [6.45, 7) is 5.40. The monoisotopic (exact) mass is 265 g/mol. The standard InChI is InChI=1S/C14H19NO4/c1-9(2)14(18)19-8-7-15-12(16)10-5-3-4-6-11(10)13(15)17/h16-17H,1,3-8H2,2H3. The van der Waals surface area contributed by atoms with Crippen molar-refractivity contribution >= 4 is 5.97 Å². The molecule has 0 unspecified atom stereocenters. The minimum atomic E-state index is -0.462. The fraction of sp³-hybridized carbons (Fsp3) is 0.500. The molecule has 5 heteroatoms. The first-order valence-electron chi connectivity index (χ1n) is 6.47. The summed E-state index contributed by atoms with van der Waals surface area (Å²) in [5, 5.41) is 20.1. The molecule has 19 heavy (non-hydrogen) atoms.